The maximum absolute atomic E-state index is 12.4. The predicted octanol–water partition coefficient (Wildman–Crippen LogP) is 3.64. The van der Waals surface area contributed by atoms with Gasteiger partial charge in [-0.1, -0.05) is 38.1 Å². The number of carbonyl (C=O) groups excluding carboxylic acids is 1. The standard InChI is InChI=1S/C18H21N5O/c1-13(2)12-15(17-22-21-16-10-6-7-11-23(16)17)20-18(24)19-14-8-4-3-5-9-14/h3-11,13,15H,12H2,1-2H3,(H2,19,20,24)/t15-/m1/s1. The Balaban J connectivity index is 1.80. The summed E-state index contributed by atoms with van der Waals surface area (Å²) in [4.78, 5) is 12.4. The largest absolute Gasteiger partial charge is 0.328 e. The highest BCUT2D eigenvalue weighted by Crippen LogP contribution is 2.20. The van der Waals surface area contributed by atoms with Crippen LogP contribution < -0.4 is 10.6 Å². The van der Waals surface area contributed by atoms with E-state index in [1.54, 1.807) is 0 Å². The number of para-hydroxylation sites is 1. The number of benzene rings is 1. The van der Waals surface area contributed by atoms with Crippen LogP contribution >= 0.6 is 0 Å². The van der Waals surface area contributed by atoms with Gasteiger partial charge >= 0.3 is 6.03 Å². The van der Waals surface area contributed by atoms with Crippen molar-refractivity contribution in [2.24, 2.45) is 5.92 Å². The van der Waals surface area contributed by atoms with Crippen molar-refractivity contribution in [3.05, 3.63) is 60.6 Å². The molecule has 0 saturated carbocycles. The van der Waals surface area contributed by atoms with Gasteiger partial charge in [0.05, 0.1) is 6.04 Å². The molecule has 1 aromatic carbocycles. The number of amides is 2. The Morgan fingerprint density at radius 3 is 2.58 bits per heavy atom. The fraction of sp³-hybridized carbons (Fsp3) is 0.278. The summed E-state index contributed by atoms with van der Waals surface area (Å²) in [5.41, 5.74) is 1.52. The van der Waals surface area contributed by atoms with Crippen LogP contribution in [0.2, 0.25) is 0 Å². The van der Waals surface area contributed by atoms with Gasteiger partial charge in [0.2, 0.25) is 0 Å². The lowest BCUT2D eigenvalue weighted by atomic mass is 10.0. The summed E-state index contributed by atoms with van der Waals surface area (Å²) in [5, 5.41) is 14.3. The molecule has 0 aliphatic carbocycles. The summed E-state index contributed by atoms with van der Waals surface area (Å²) in [5.74, 6) is 1.14. The SMILES string of the molecule is CC(C)C[C@@H](NC(=O)Nc1ccccc1)c1nnc2ccccn12. The summed E-state index contributed by atoms with van der Waals surface area (Å²) in [6.07, 6.45) is 2.69. The van der Waals surface area contributed by atoms with Crippen LogP contribution in [0.25, 0.3) is 5.65 Å². The second-order valence-corrected chi connectivity index (χ2v) is 6.13. The van der Waals surface area contributed by atoms with Crippen LogP contribution in [0.3, 0.4) is 0 Å². The summed E-state index contributed by atoms with van der Waals surface area (Å²) >= 11 is 0. The highest BCUT2D eigenvalue weighted by atomic mass is 16.2. The van der Waals surface area contributed by atoms with Gasteiger partial charge in [0.15, 0.2) is 11.5 Å². The van der Waals surface area contributed by atoms with E-state index in [0.717, 1.165) is 23.6 Å². The van der Waals surface area contributed by atoms with Crippen LogP contribution in [-0.4, -0.2) is 20.6 Å². The number of anilines is 1. The quantitative estimate of drug-likeness (QED) is 0.753. The van der Waals surface area contributed by atoms with Gasteiger partial charge in [0.1, 0.15) is 0 Å². The van der Waals surface area contributed by atoms with Crippen molar-refractivity contribution in [3.63, 3.8) is 0 Å². The van der Waals surface area contributed by atoms with E-state index in [-0.39, 0.29) is 12.1 Å². The summed E-state index contributed by atoms with van der Waals surface area (Å²) in [7, 11) is 0. The number of aromatic nitrogens is 3. The minimum absolute atomic E-state index is 0.217. The number of pyridine rings is 1. The third-order valence-electron chi connectivity index (χ3n) is 3.70. The van der Waals surface area contributed by atoms with E-state index >= 15 is 0 Å². The molecule has 3 rings (SSSR count). The first kappa shape index (κ1) is 16.0. The third kappa shape index (κ3) is 3.71. The molecule has 0 aliphatic rings. The first-order valence-electron chi connectivity index (χ1n) is 8.05. The Morgan fingerprint density at radius 2 is 1.83 bits per heavy atom. The molecule has 0 aliphatic heterocycles. The number of hydrogen-bond donors (Lipinski definition) is 2. The van der Waals surface area contributed by atoms with Crippen LogP contribution in [0.1, 0.15) is 32.1 Å². The Kier molecular flexibility index (Phi) is 4.74. The zero-order chi connectivity index (χ0) is 16.9. The van der Waals surface area contributed by atoms with Crippen molar-refractivity contribution >= 4 is 17.4 Å². The van der Waals surface area contributed by atoms with E-state index in [1.165, 1.54) is 0 Å². The van der Waals surface area contributed by atoms with Crippen molar-refractivity contribution in [2.45, 2.75) is 26.3 Å². The Bertz CT molecular complexity index is 812. The fourth-order valence-electron chi connectivity index (χ4n) is 2.64. The summed E-state index contributed by atoms with van der Waals surface area (Å²) in [6.45, 7) is 4.24. The van der Waals surface area contributed by atoms with Gasteiger partial charge in [-0.15, -0.1) is 10.2 Å². The van der Waals surface area contributed by atoms with Crippen LogP contribution in [0.15, 0.2) is 54.7 Å². The molecule has 0 unspecified atom stereocenters. The number of fused-ring (bicyclic) bond motifs is 1. The van der Waals surface area contributed by atoms with Crippen LogP contribution in [-0.2, 0) is 0 Å². The number of hydrogen-bond acceptors (Lipinski definition) is 3. The molecule has 0 radical (unpaired) electrons. The highest BCUT2D eigenvalue weighted by Gasteiger charge is 2.21. The molecule has 2 aromatic heterocycles. The lowest BCUT2D eigenvalue weighted by Gasteiger charge is -2.19. The van der Waals surface area contributed by atoms with Gasteiger partial charge in [-0.05, 0) is 36.6 Å². The van der Waals surface area contributed by atoms with E-state index in [1.807, 2.05) is 59.1 Å². The fourth-order valence-corrected chi connectivity index (χ4v) is 2.64. The summed E-state index contributed by atoms with van der Waals surface area (Å²) in [6, 6.07) is 14.6. The molecule has 2 amide bonds. The number of urea groups is 1. The Hall–Kier alpha value is -2.89. The number of carbonyl (C=O) groups is 1. The number of nitrogens with one attached hydrogen (secondary N) is 2. The maximum atomic E-state index is 12.4. The van der Waals surface area contributed by atoms with Crippen molar-refractivity contribution in [1.29, 1.82) is 0 Å². The van der Waals surface area contributed by atoms with Crippen LogP contribution in [0.4, 0.5) is 10.5 Å². The van der Waals surface area contributed by atoms with E-state index in [9.17, 15) is 4.79 Å². The van der Waals surface area contributed by atoms with Gasteiger partial charge in [0, 0.05) is 11.9 Å². The molecule has 6 nitrogen and oxygen atoms in total. The molecule has 0 spiro atoms. The molecule has 0 saturated heterocycles. The number of rotatable bonds is 5. The summed E-state index contributed by atoms with van der Waals surface area (Å²) < 4.78 is 1.91. The Morgan fingerprint density at radius 1 is 1.08 bits per heavy atom. The third-order valence-corrected chi connectivity index (χ3v) is 3.70. The smallest absolute Gasteiger partial charge is 0.319 e. The van der Waals surface area contributed by atoms with E-state index < -0.39 is 0 Å². The zero-order valence-corrected chi connectivity index (χ0v) is 13.8. The van der Waals surface area contributed by atoms with Gasteiger partial charge < -0.3 is 10.6 Å². The minimum Gasteiger partial charge on any atom is -0.328 e. The normalized spacial score (nSPS) is 12.3. The van der Waals surface area contributed by atoms with Gasteiger partial charge in [-0.25, -0.2) is 4.79 Å². The lowest BCUT2D eigenvalue weighted by molar-refractivity contribution is 0.245. The van der Waals surface area contributed by atoms with Crippen molar-refractivity contribution < 1.29 is 4.79 Å². The molecule has 0 fully saturated rings. The maximum Gasteiger partial charge on any atom is 0.319 e. The second kappa shape index (κ2) is 7.12. The van der Waals surface area contributed by atoms with Gasteiger partial charge in [-0.2, -0.15) is 0 Å². The highest BCUT2D eigenvalue weighted by molar-refractivity contribution is 5.89. The van der Waals surface area contributed by atoms with Crippen molar-refractivity contribution in [2.75, 3.05) is 5.32 Å². The van der Waals surface area contributed by atoms with Crippen LogP contribution in [0, 0.1) is 5.92 Å². The molecule has 0 bridgehead atoms. The molecular weight excluding hydrogens is 302 g/mol. The molecule has 2 N–H and O–H groups in total. The van der Waals surface area contributed by atoms with Gasteiger partial charge in [0.25, 0.3) is 0 Å². The van der Waals surface area contributed by atoms with Crippen LogP contribution in [0.5, 0.6) is 0 Å². The zero-order valence-electron chi connectivity index (χ0n) is 13.8. The lowest BCUT2D eigenvalue weighted by Crippen LogP contribution is -2.34. The first-order chi connectivity index (χ1) is 11.6. The predicted molar refractivity (Wildman–Crippen MR) is 93.8 cm³/mol. The van der Waals surface area contributed by atoms with E-state index in [0.29, 0.717) is 5.92 Å². The molecule has 3 aromatic rings. The molecule has 24 heavy (non-hydrogen) atoms. The van der Waals surface area contributed by atoms with E-state index in [4.69, 9.17) is 0 Å². The number of nitrogens with zero attached hydrogens (tertiary/aromatic N) is 3. The Labute approximate surface area is 140 Å². The first-order valence-corrected chi connectivity index (χ1v) is 8.05. The molecule has 1 atom stereocenters. The van der Waals surface area contributed by atoms with Crippen molar-refractivity contribution in [3.8, 4) is 0 Å². The molecule has 6 heteroatoms. The minimum atomic E-state index is -0.250. The molecule has 124 valence electrons. The average molecular weight is 323 g/mol. The van der Waals surface area contributed by atoms with Crippen molar-refractivity contribution in [1.82, 2.24) is 19.9 Å². The second-order valence-electron chi connectivity index (χ2n) is 6.13. The topological polar surface area (TPSA) is 71.3 Å². The molecule has 2 heterocycles. The monoisotopic (exact) mass is 323 g/mol. The average Bonchev–Trinajstić information content (AvgIpc) is 2.98. The van der Waals surface area contributed by atoms with E-state index in [2.05, 4.69) is 34.7 Å². The molecular formula is C18H21N5O. The van der Waals surface area contributed by atoms with Gasteiger partial charge in [-0.3, -0.25) is 4.40 Å².